The van der Waals surface area contributed by atoms with Gasteiger partial charge >= 0.3 is 0 Å². The summed E-state index contributed by atoms with van der Waals surface area (Å²) < 4.78 is 11.6. The van der Waals surface area contributed by atoms with E-state index in [-0.39, 0.29) is 5.41 Å². The molecule has 172 valence electrons. The van der Waals surface area contributed by atoms with Crippen molar-refractivity contribution in [2.75, 3.05) is 30.4 Å². The summed E-state index contributed by atoms with van der Waals surface area (Å²) >= 11 is 0. The number of aryl methyl sites for hydroxylation is 1. The molecule has 7 nitrogen and oxygen atoms in total. The van der Waals surface area contributed by atoms with Gasteiger partial charge in [0.1, 0.15) is 24.5 Å². The van der Waals surface area contributed by atoms with Crippen LogP contribution in [0.2, 0.25) is 0 Å². The van der Waals surface area contributed by atoms with Gasteiger partial charge < -0.3 is 20.1 Å². The Labute approximate surface area is 195 Å². The van der Waals surface area contributed by atoms with Crippen LogP contribution in [0.15, 0.2) is 36.8 Å². The molecule has 2 aromatic heterocycles. The molecule has 0 unspecified atom stereocenters. The number of anilines is 2. The number of benzene rings is 1. The Balaban J connectivity index is 1.47. The lowest BCUT2D eigenvalue weighted by molar-refractivity contribution is 0.310. The number of nitrogens with two attached hydrogens (primary N) is 1. The van der Waals surface area contributed by atoms with Crippen molar-refractivity contribution >= 4 is 11.5 Å². The number of fused-ring (bicyclic) bond motifs is 2. The highest BCUT2D eigenvalue weighted by atomic mass is 16.5. The average Bonchev–Trinajstić information content (AvgIpc) is 3.01. The predicted octanol–water partition coefficient (Wildman–Crippen LogP) is 4.43. The molecule has 0 saturated heterocycles. The summed E-state index contributed by atoms with van der Waals surface area (Å²) in [7, 11) is 0. The van der Waals surface area contributed by atoms with Crippen LogP contribution in [0.25, 0.3) is 11.1 Å². The Bertz CT molecular complexity index is 1180. The normalized spacial score (nSPS) is 16.9. The first kappa shape index (κ1) is 21.5. The number of aromatic nitrogens is 3. The molecule has 3 heterocycles. The van der Waals surface area contributed by atoms with E-state index in [2.05, 4.69) is 40.8 Å². The van der Waals surface area contributed by atoms with Crippen LogP contribution in [0.5, 0.6) is 11.6 Å². The summed E-state index contributed by atoms with van der Waals surface area (Å²) in [5.41, 5.74) is 12.6. The zero-order chi connectivity index (χ0) is 23.0. The van der Waals surface area contributed by atoms with Gasteiger partial charge in [-0.1, -0.05) is 19.9 Å². The lowest BCUT2D eigenvalue weighted by Crippen LogP contribution is -2.31. The Morgan fingerprint density at radius 3 is 2.85 bits per heavy atom. The van der Waals surface area contributed by atoms with Crippen molar-refractivity contribution in [3.63, 3.8) is 0 Å². The van der Waals surface area contributed by atoms with Crippen LogP contribution in [-0.2, 0) is 19.4 Å². The summed E-state index contributed by atoms with van der Waals surface area (Å²) in [5, 5.41) is 0. The Kier molecular flexibility index (Phi) is 5.56. The fraction of sp³-hybridized carbons (Fsp3) is 0.423. The molecule has 2 N–H and O–H groups in total. The molecule has 1 aliphatic carbocycles. The van der Waals surface area contributed by atoms with Crippen LogP contribution in [-0.4, -0.2) is 34.7 Å². The third kappa shape index (κ3) is 4.32. The predicted molar refractivity (Wildman–Crippen MR) is 130 cm³/mol. The molecule has 0 bridgehead atoms. The van der Waals surface area contributed by atoms with E-state index in [1.807, 2.05) is 19.1 Å². The van der Waals surface area contributed by atoms with Crippen molar-refractivity contribution in [2.24, 2.45) is 5.41 Å². The van der Waals surface area contributed by atoms with E-state index in [9.17, 15) is 0 Å². The first-order chi connectivity index (χ1) is 15.9. The van der Waals surface area contributed by atoms with Gasteiger partial charge in [-0.2, -0.15) is 0 Å². The molecule has 0 amide bonds. The second-order valence-electron chi connectivity index (χ2n) is 9.61. The molecule has 0 saturated carbocycles. The number of hydrogen-bond donors (Lipinski definition) is 1. The fourth-order valence-electron chi connectivity index (χ4n) is 4.77. The fourth-order valence-corrected chi connectivity index (χ4v) is 4.77. The molecule has 7 heteroatoms. The minimum Gasteiger partial charge on any atom is -0.491 e. The molecular formula is C26H31N5O2. The lowest BCUT2D eigenvalue weighted by Gasteiger charge is -2.33. The van der Waals surface area contributed by atoms with Crippen molar-refractivity contribution in [3.8, 4) is 22.8 Å². The van der Waals surface area contributed by atoms with Gasteiger partial charge in [0.2, 0.25) is 5.88 Å². The summed E-state index contributed by atoms with van der Waals surface area (Å²) in [6, 6.07) is 8.18. The standard InChI is InChI=1S/C26H31N5O2/c1-4-32-25-21(27)12-18(14-28-25)17-5-6-23-19(11-17)15-31(9-10-33-23)24-20-13-26(2,3)8-7-22(20)29-16-30-24/h5-6,11-12,14,16H,4,7-10,13,15,27H2,1-3H3. The molecule has 0 atom stereocenters. The second kappa shape index (κ2) is 8.54. The van der Waals surface area contributed by atoms with Gasteiger partial charge in [0.25, 0.3) is 0 Å². The maximum absolute atomic E-state index is 6.16. The summed E-state index contributed by atoms with van der Waals surface area (Å²) in [5.74, 6) is 2.43. The number of nitrogen functional groups attached to an aromatic ring is 1. The van der Waals surface area contributed by atoms with E-state index in [0.717, 1.165) is 60.6 Å². The van der Waals surface area contributed by atoms with Crippen molar-refractivity contribution in [3.05, 3.63) is 53.6 Å². The SMILES string of the molecule is CCOc1ncc(-c2ccc3c(c2)CN(c2ncnc4c2CC(C)(C)CC4)CCO3)cc1N. The monoisotopic (exact) mass is 445 g/mol. The Morgan fingerprint density at radius 1 is 1.15 bits per heavy atom. The smallest absolute Gasteiger partial charge is 0.237 e. The Hall–Kier alpha value is -3.35. The van der Waals surface area contributed by atoms with E-state index in [0.29, 0.717) is 24.8 Å². The first-order valence-electron chi connectivity index (χ1n) is 11.7. The Morgan fingerprint density at radius 2 is 2.03 bits per heavy atom. The van der Waals surface area contributed by atoms with Crippen LogP contribution in [0.4, 0.5) is 11.5 Å². The van der Waals surface area contributed by atoms with Crippen LogP contribution in [0.3, 0.4) is 0 Å². The largest absolute Gasteiger partial charge is 0.491 e. The van der Waals surface area contributed by atoms with E-state index in [1.165, 1.54) is 11.3 Å². The van der Waals surface area contributed by atoms with Crippen LogP contribution >= 0.6 is 0 Å². The number of hydrogen-bond acceptors (Lipinski definition) is 7. The molecule has 33 heavy (non-hydrogen) atoms. The zero-order valence-electron chi connectivity index (χ0n) is 19.6. The minimum absolute atomic E-state index is 0.264. The van der Waals surface area contributed by atoms with E-state index in [4.69, 9.17) is 20.2 Å². The third-order valence-corrected chi connectivity index (χ3v) is 6.54. The summed E-state index contributed by atoms with van der Waals surface area (Å²) in [4.78, 5) is 16.1. The molecule has 2 aliphatic rings. The van der Waals surface area contributed by atoms with Crippen LogP contribution in [0.1, 0.15) is 44.0 Å². The third-order valence-electron chi connectivity index (χ3n) is 6.54. The average molecular weight is 446 g/mol. The van der Waals surface area contributed by atoms with Gasteiger partial charge in [0.05, 0.1) is 18.8 Å². The number of rotatable bonds is 4. The second-order valence-corrected chi connectivity index (χ2v) is 9.61. The van der Waals surface area contributed by atoms with Crippen LogP contribution < -0.4 is 20.1 Å². The highest BCUT2D eigenvalue weighted by Crippen LogP contribution is 2.39. The molecular weight excluding hydrogens is 414 g/mol. The van der Waals surface area contributed by atoms with Crippen molar-refractivity contribution < 1.29 is 9.47 Å². The van der Waals surface area contributed by atoms with E-state index < -0.39 is 0 Å². The highest BCUT2D eigenvalue weighted by Gasteiger charge is 2.30. The molecule has 1 aliphatic heterocycles. The van der Waals surface area contributed by atoms with Gasteiger partial charge in [0.15, 0.2) is 0 Å². The summed E-state index contributed by atoms with van der Waals surface area (Å²) in [6.07, 6.45) is 6.69. The lowest BCUT2D eigenvalue weighted by atomic mass is 9.76. The molecule has 3 aromatic rings. The maximum Gasteiger partial charge on any atom is 0.237 e. The van der Waals surface area contributed by atoms with Gasteiger partial charge in [-0.15, -0.1) is 0 Å². The number of nitrogens with zero attached hydrogens (tertiary/aromatic N) is 4. The van der Waals surface area contributed by atoms with E-state index in [1.54, 1.807) is 12.5 Å². The number of pyridine rings is 1. The molecule has 5 rings (SSSR count). The maximum atomic E-state index is 6.16. The minimum atomic E-state index is 0.264. The molecule has 0 spiro atoms. The van der Waals surface area contributed by atoms with Gasteiger partial charge in [0, 0.05) is 35.1 Å². The van der Waals surface area contributed by atoms with E-state index >= 15 is 0 Å². The molecule has 0 radical (unpaired) electrons. The van der Waals surface area contributed by atoms with Crippen molar-refractivity contribution in [1.82, 2.24) is 15.0 Å². The quantitative estimate of drug-likeness (QED) is 0.635. The summed E-state index contributed by atoms with van der Waals surface area (Å²) in [6.45, 7) is 9.24. The van der Waals surface area contributed by atoms with Gasteiger partial charge in [-0.25, -0.2) is 15.0 Å². The first-order valence-corrected chi connectivity index (χ1v) is 11.7. The van der Waals surface area contributed by atoms with Crippen molar-refractivity contribution in [1.29, 1.82) is 0 Å². The van der Waals surface area contributed by atoms with Gasteiger partial charge in [-0.3, -0.25) is 0 Å². The number of ether oxygens (including phenoxy) is 2. The van der Waals surface area contributed by atoms with Crippen molar-refractivity contribution in [2.45, 2.75) is 46.6 Å². The highest BCUT2D eigenvalue weighted by molar-refractivity contribution is 5.70. The molecule has 1 aromatic carbocycles. The molecule has 0 fully saturated rings. The zero-order valence-corrected chi connectivity index (χ0v) is 19.6. The topological polar surface area (TPSA) is 86.4 Å². The van der Waals surface area contributed by atoms with Crippen LogP contribution in [0, 0.1) is 5.41 Å². The van der Waals surface area contributed by atoms with Gasteiger partial charge in [-0.05, 0) is 55.4 Å².